The number of aromatic nitrogens is 3. The van der Waals surface area contributed by atoms with Crippen molar-refractivity contribution >= 4 is 22.8 Å². The van der Waals surface area contributed by atoms with E-state index in [0.717, 1.165) is 60.0 Å². The molecule has 4 aromatic rings. The molecule has 10 heteroatoms. The minimum Gasteiger partial charge on any atom is -0.466 e. The van der Waals surface area contributed by atoms with E-state index in [9.17, 15) is 13.6 Å². The minimum absolute atomic E-state index is 0.149. The van der Waals surface area contributed by atoms with E-state index in [1.807, 2.05) is 48.9 Å². The first kappa shape index (κ1) is 27.5. The molecule has 210 valence electrons. The molecular formula is C30H33F2N5O3. The fraction of sp³-hybridized carbons (Fsp3) is 0.367. The van der Waals surface area contributed by atoms with Crippen LogP contribution in [-0.2, 0) is 16.1 Å². The van der Waals surface area contributed by atoms with Gasteiger partial charge in [-0.2, -0.15) is 8.78 Å². The average molecular weight is 550 g/mol. The fourth-order valence-corrected chi connectivity index (χ4v) is 5.07. The van der Waals surface area contributed by atoms with Gasteiger partial charge in [-0.05, 0) is 49.7 Å². The molecule has 2 aromatic carbocycles. The maximum Gasteiger partial charge on any atom is 0.387 e. The van der Waals surface area contributed by atoms with Gasteiger partial charge in [-0.15, -0.1) is 0 Å². The van der Waals surface area contributed by atoms with Gasteiger partial charge >= 0.3 is 12.6 Å². The van der Waals surface area contributed by atoms with Crippen molar-refractivity contribution in [1.29, 1.82) is 0 Å². The summed E-state index contributed by atoms with van der Waals surface area (Å²) in [6.45, 7) is 5.75. The second kappa shape index (κ2) is 12.4. The van der Waals surface area contributed by atoms with Crippen LogP contribution in [0.1, 0.15) is 24.7 Å². The topological polar surface area (TPSA) is 72.7 Å². The summed E-state index contributed by atoms with van der Waals surface area (Å²) >= 11 is 0. The van der Waals surface area contributed by atoms with E-state index < -0.39 is 6.61 Å². The van der Waals surface area contributed by atoms with E-state index in [2.05, 4.69) is 26.9 Å². The highest BCUT2D eigenvalue weighted by molar-refractivity contribution is 5.83. The molecule has 0 N–H and O–H groups in total. The molecule has 0 aliphatic carbocycles. The Kier molecular flexibility index (Phi) is 8.54. The van der Waals surface area contributed by atoms with Crippen molar-refractivity contribution in [3.63, 3.8) is 0 Å². The highest BCUT2D eigenvalue weighted by atomic mass is 19.3. The number of hydrogen-bond donors (Lipinski definition) is 0. The number of ether oxygens (including phenoxy) is 2. The van der Waals surface area contributed by atoms with Crippen LogP contribution >= 0.6 is 0 Å². The first-order chi connectivity index (χ1) is 19.4. The average Bonchev–Trinajstić information content (AvgIpc) is 3.27. The molecule has 0 spiro atoms. The number of nitrogens with zero attached hydrogens (tertiary/aromatic N) is 5. The van der Waals surface area contributed by atoms with Crippen LogP contribution in [0.2, 0.25) is 0 Å². The SMILES string of the molecule is CCOC(=O)CCN1CCN(c2ccc(-c3ccc4nc(C)n(Cc5ccccc5OC(F)F)c4c3)cn2)CC1. The molecule has 8 nitrogen and oxygen atoms in total. The number of carbonyl (C=O) groups excluding carboxylic acids is 1. The Morgan fingerprint density at radius 1 is 1.02 bits per heavy atom. The summed E-state index contributed by atoms with van der Waals surface area (Å²) in [5.74, 6) is 1.72. The number of halogens is 2. The number of rotatable bonds is 10. The maximum atomic E-state index is 12.9. The number of hydrogen-bond acceptors (Lipinski definition) is 7. The van der Waals surface area contributed by atoms with Crippen molar-refractivity contribution < 1.29 is 23.0 Å². The molecule has 0 saturated carbocycles. The van der Waals surface area contributed by atoms with E-state index >= 15 is 0 Å². The largest absolute Gasteiger partial charge is 0.466 e. The number of carbonyl (C=O) groups is 1. The van der Waals surface area contributed by atoms with Crippen LogP contribution in [0.3, 0.4) is 0 Å². The molecule has 0 atom stereocenters. The van der Waals surface area contributed by atoms with Gasteiger partial charge in [-0.1, -0.05) is 24.3 Å². The molecule has 5 rings (SSSR count). The molecule has 0 amide bonds. The van der Waals surface area contributed by atoms with Crippen molar-refractivity contribution in [3.8, 4) is 16.9 Å². The maximum absolute atomic E-state index is 12.9. The van der Waals surface area contributed by atoms with Crippen molar-refractivity contribution in [2.24, 2.45) is 0 Å². The van der Waals surface area contributed by atoms with Crippen LogP contribution in [0, 0.1) is 6.92 Å². The summed E-state index contributed by atoms with van der Waals surface area (Å²) in [6, 6.07) is 17.0. The lowest BCUT2D eigenvalue weighted by molar-refractivity contribution is -0.143. The summed E-state index contributed by atoms with van der Waals surface area (Å²) < 4.78 is 37.6. The Morgan fingerprint density at radius 3 is 2.52 bits per heavy atom. The predicted octanol–water partition coefficient (Wildman–Crippen LogP) is 5.13. The first-order valence-corrected chi connectivity index (χ1v) is 13.5. The summed E-state index contributed by atoms with van der Waals surface area (Å²) in [4.78, 5) is 25.6. The third-order valence-corrected chi connectivity index (χ3v) is 7.17. The zero-order chi connectivity index (χ0) is 28.1. The summed E-state index contributed by atoms with van der Waals surface area (Å²) in [6.07, 6.45) is 2.29. The molecule has 3 heterocycles. The standard InChI is InChI=1S/C30H33F2N5O3/c1-3-39-29(38)12-13-35-14-16-36(17-15-35)28-11-9-23(19-33-28)22-8-10-25-26(18-22)37(21(2)34-25)20-24-6-4-5-7-27(24)40-30(31)32/h4-11,18-19,30H,3,12-17,20H2,1-2H3. The number of esters is 1. The molecule has 0 radical (unpaired) electrons. The Hall–Kier alpha value is -4.05. The lowest BCUT2D eigenvalue weighted by Gasteiger charge is -2.35. The van der Waals surface area contributed by atoms with Crippen molar-refractivity contribution in [2.45, 2.75) is 33.4 Å². The first-order valence-electron chi connectivity index (χ1n) is 13.5. The Balaban J connectivity index is 1.28. The number of benzene rings is 2. The molecule has 1 aliphatic rings. The normalized spacial score (nSPS) is 14.2. The van der Waals surface area contributed by atoms with Crippen LogP contribution in [0.4, 0.5) is 14.6 Å². The van der Waals surface area contributed by atoms with Crippen LogP contribution in [-0.4, -0.2) is 71.3 Å². The quantitative estimate of drug-likeness (QED) is 0.254. The van der Waals surface area contributed by atoms with E-state index in [0.29, 0.717) is 31.7 Å². The van der Waals surface area contributed by atoms with Gasteiger partial charge in [-0.3, -0.25) is 9.69 Å². The summed E-state index contributed by atoms with van der Waals surface area (Å²) in [7, 11) is 0. The van der Waals surface area contributed by atoms with Crippen molar-refractivity contribution in [1.82, 2.24) is 19.4 Å². The predicted molar refractivity (Wildman–Crippen MR) is 150 cm³/mol. The molecule has 1 fully saturated rings. The number of anilines is 1. The zero-order valence-corrected chi connectivity index (χ0v) is 22.7. The highest BCUT2D eigenvalue weighted by Crippen LogP contribution is 2.28. The van der Waals surface area contributed by atoms with Gasteiger partial charge in [0.25, 0.3) is 0 Å². The zero-order valence-electron chi connectivity index (χ0n) is 22.7. The minimum atomic E-state index is -2.89. The van der Waals surface area contributed by atoms with Gasteiger partial charge in [-0.25, -0.2) is 9.97 Å². The third-order valence-electron chi connectivity index (χ3n) is 7.17. The van der Waals surface area contributed by atoms with Crippen LogP contribution in [0.5, 0.6) is 5.75 Å². The van der Waals surface area contributed by atoms with Gasteiger partial charge in [0.1, 0.15) is 17.4 Å². The van der Waals surface area contributed by atoms with Gasteiger partial charge in [0.05, 0.1) is 30.6 Å². The Bertz CT molecular complexity index is 1450. The fourth-order valence-electron chi connectivity index (χ4n) is 5.07. The van der Waals surface area contributed by atoms with E-state index in [1.165, 1.54) is 0 Å². The number of para-hydroxylation sites is 1. The molecular weight excluding hydrogens is 516 g/mol. The van der Waals surface area contributed by atoms with Crippen molar-refractivity contribution in [2.75, 3.05) is 44.2 Å². The van der Waals surface area contributed by atoms with E-state index in [1.54, 1.807) is 18.2 Å². The molecule has 40 heavy (non-hydrogen) atoms. The molecule has 1 saturated heterocycles. The number of imidazole rings is 1. The molecule has 0 unspecified atom stereocenters. The lowest BCUT2D eigenvalue weighted by atomic mass is 10.1. The number of pyridine rings is 1. The summed E-state index contributed by atoms with van der Waals surface area (Å²) in [5.41, 5.74) is 4.37. The molecule has 2 aromatic heterocycles. The number of piperazine rings is 1. The molecule has 1 aliphatic heterocycles. The van der Waals surface area contributed by atoms with Gasteiger partial charge in [0.15, 0.2) is 0 Å². The monoisotopic (exact) mass is 549 g/mol. The Morgan fingerprint density at radius 2 is 1.80 bits per heavy atom. The van der Waals surface area contributed by atoms with Gasteiger partial charge in [0, 0.05) is 50.0 Å². The third kappa shape index (κ3) is 6.39. The smallest absolute Gasteiger partial charge is 0.387 e. The number of alkyl halides is 2. The van der Waals surface area contributed by atoms with Crippen LogP contribution in [0.15, 0.2) is 60.8 Å². The van der Waals surface area contributed by atoms with Gasteiger partial charge in [0.2, 0.25) is 0 Å². The van der Waals surface area contributed by atoms with Crippen LogP contribution in [0.25, 0.3) is 22.2 Å². The lowest BCUT2D eigenvalue weighted by Crippen LogP contribution is -2.47. The van der Waals surface area contributed by atoms with E-state index in [4.69, 9.17) is 14.5 Å². The summed E-state index contributed by atoms with van der Waals surface area (Å²) in [5, 5.41) is 0. The second-order valence-corrected chi connectivity index (χ2v) is 9.72. The van der Waals surface area contributed by atoms with Crippen molar-refractivity contribution in [3.05, 3.63) is 72.2 Å². The number of aryl methyl sites for hydroxylation is 1. The van der Waals surface area contributed by atoms with E-state index in [-0.39, 0.29) is 11.7 Å². The highest BCUT2D eigenvalue weighted by Gasteiger charge is 2.19. The van der Waals surface area contributed by atoms with Gasteiger partial charge < -0.3 is 18.9 Å². The van der Waals surface area contributed by atoms with Crippen LogP contribution < -0.4 is 9.64 Å². The number of fused-ring (bicyclic) bond motifs is 1. The molecule has 0 bridgehead atoms. The Labute approximate surface area is 232 Å². The second-order valence-electron chi connectivity index (χ2n) is 9.72.